The monoisotopic (exact) mass is 405 g/mol. The molecule has 0 bridgehead atoms. The van der Waals surface area contributed by atoms with Crippen LogP contribution in [0.5, 0.6) is 5.75 Å². The van der Waals surface area contributed by atoms with Gasteiger partial charge < -0.3 is 15.5 Å². The Kier molecular flexibility index (Phi) is 5.09. The molecule has 1 amide bonds. The lowest BCUT2D eigenvalue weighted by atomic mass is 9.89. The first kappa shape index (κ1) is 19.3. The number of amides is 1. The lowest BCUT2D eigenvalue weighted by molar-refractivity contribution is 0.100. The van der Waals surface area contributed by atoms with Crippen molar-refractivity contribution in [1.29, 1.82) is 0 Å². The van der Waals surface area contributed by atoms with Crippen molar-refractivity contribution in [3.63, 3.8) is 0 Å². The van der Waals surface area contributed by atoms with Gasteiger partial charge in [-0.1, -0.05) is 0 Å². The van der Waals surface area contributed by atoms with Gasteiger partial charge in [0.15, 0.2) is 0 Å². The highest BCUT2D eigenvalue weighted by atomic mass is 32.2. The molecule has 0 radical (unpaired) electrons. The van der Waals surface area contributed by atoms with E-state index >= 15 is 0 Å². The predicted molar refractivity (Wildman–Crippen MR) is 108 cm³/mol. The average molecular weight is 406 g/mol. The standard InChI is InChI=1S/C20H27N3O4S/c1-2-28(25,26)23-7-5-14(6-8-23)18-11-22-19-16(18)9-15(10-17(19)20(21)24)27-12-13-3-4-13/h9-11,13-14,22H,2-8,12H2,1H3,(H2,21,24). The molecule has 1 aromatic heterocycles. The number of nitrogens with one attached hydrogen (secondary N) is 1. The molecule has 0 atom stereocenters. The smallest absolute Gasteiger partial charge is 0.250 e. The number of primary amides is 1. The molecule has 2 aliphatic rings. The van der Waals surface area contributed by atoms with Crippen LogP contribution in [0, 0.1) is 5.92 Å². The number of aromatic amines is 1. The van der Waals surface area contributed by atoms with Gasteiger partial charge in [0, 0.05) is 24.7 Å². The number of fused-ring (bicyclic) bond motifs is 1. The molecule has 1 saturated heterocycles. The van der Waals surface area contributed by atoms with Gasteiger partial charge in [-0.2, -0.15) is 0 Å². The highest BCUT2D eigenvalue weighted by Crippen LogP contribution is 2.37. The Labute approximate surface area is 165 Å². The van der Waals surface area contributed by atoms with Gasteiger partial charge in [0.1, 0.15) is 5.75 Å². The number of hydrogen-bond acceptors (Lipinski definition) is 4. The Bertz CT molecular complexity index is 986. The van der Waals surface area contributed by atoms with Crippen molar-refractivity contribution in [2.24, 2.45) is 11.7 Å². The number of carbonyl (C=O) groups is 1. The first-order valence-electron chi connectivity index (χ1n) is 9.94. The van der Waals surface area contributed by atoms with Crippen LogP contribution < -0.4 is 10.5 Å². The molecule has 0 spiro atoms. The molecule has 28 heavy (non-hydrogen) atoms. The Hall–Kier alpha value is -2.06. The highest BCUT2D eigenvalue weighted by Gasteiger charge is 2.29. The second-order valence-corrected chi connectivity index (χ2v) is 10.1. The number of nitrogens with zero attached hydrogens (tertiary/aromatic N) is 1. The maximum absolute atomic E-state index is 12.1. The van der Waals surface area contributed by atoms with Crippen LogP contribution in [-0.4, -0.2) is 49.1 Å². The summed E-state index contributed by atoms with van der Waals surface area (Å²) in [6, 6.07) is 3.69. The second kappa shape index (κ2) is 7.40. The molecule has 2 heterocycles. The number of carbonyl (C=O) groups excluding carboxylic acids is 1. The molecule has 1 saturated carbocycles. The summed E-state index contributed by atoms with van der Waals surface area (Å²) in [5.41, 5.74) is 7.86. The number of piperidine rings is 1. The van der Waals surface area contributed by atoms with Crippen LogP contribution in [0.25, 0.3) is 10.9 Å². The maximum Gasteiger partial charge on any atom is 0.250 e. The Balaban J connectivity index is 1.61. The zero-order valence-electron chi connectivity index (χ0n) is 16.1. The highest BCUT2D eigenvalue weighted by molar-refractivity contribution is 7.89. The van der Waals surface area contributed by atoms with Crippen LogP contribution >= 0.6 is 0 Å². The van der Waals surface area contributed by atoms with Crippen molar-refractivity contribution in [1.82, 2.24) is 9.29 Å². The fraction of sp³-hybridized carbons (Fsp3) is 0.550. The summed E-state index contributed by atoms with van der Waals surface area (Å²) in [6.07, 6.45) is 5.83. The molecule has 1 aliphatic carbocycles. The van der Waals surface area contributed by atoms with E-state index in [0.717, 1.165) is 29.3 Å². The minimum Gasteiger partial charge on any atom is -0.493 e. The molecule has 3 N–H and O–H groups in total. The summed E-state index contributed by atoms with van der Waals surface area (Å²) < 4.78 is 31.7. The van der Waals surface area contributed by atoms with E-state index in [1.54, 1.807) is 17.3 Å². The van der Waals surface area contributed by atoms with Crippen LogP contribution in [-0.2, 0) is 10.0 Å². The van der Waals surface area contributed by atoms with Gasteiger partial charge in [0.2, 0.25) is 10.0 Å². The fourth-order valence-electron chi connectivity index (χ4n) is 3.97. The zero-order valence-corrected chi connectivity index (χ0v) is 16.9. The minimum atomic E-state index is -3.15. The second-order valence-electron chi connectivity index (χ2n) is 7.83. The van der Waals surface area contributed by atoms with Crippen molar-refractivity contribution >= 4 is 26.8 Å². The molecule has 7 nitrogen and oxygen atoms in total. The van der Waals surface area contributed by atoms with Crippen LogP contribution in [0.15, 0.2) is 18.3 Å². The van der Waals surface area contributed by atoms with Crippen molar-refractivity contribution in [2.75, 3.05) is 25.4 Å². The first-order chi connectivity index (χ1) is 13.4. The molecule has 2 aromatic rings. The van der Waals surface area contributed by atoms with Gasteiger partial charge in [-0.05, 0) is 62.1 Å². The molecule has 1 aromatic carbocycles. The van der Waals surface area contributed by atoms with Crippen molar-refractivity contribution < 1.29 is 17.9 Å². The number of nitrogens with two attached hydrogens (primary N) is 1. The van der Waals surface area contributed by atoms with Gasteiger partial charge in [0.25, 0.3) is 5.91 Å². The van der Waals surface area contributed by atoms with E-state index in [-0.39, 0.29) is 11.7 Å². The maximum atomic E-state index is 12.1. The summed E-state index contributed by atoms with van der Waals surface area (Å²) in [6.45, 7) is 3.38. The van der Waals surface area contributed by atoms with Gasteiger partial charge in [-0.3, -0.25) is 4.79 Å². The van der Waals surface area contributed by atoms with E-state index in [1.165, 1.54) is 12.8 Å². The Morgan fingerprint density at radius 2 is 1.96 bits per heavy atom. The number of rotatable bonds is 7. The number of sulfonamides is 1. The summed E-state index contributed by atoms with van der Waals surface area (Å²) in [5.74, 6) is 1.16. The predicted octanol–water partition coefficient (Wildman–Crippen LogP) is 2.58. The van der Waals surface area contributed by atoms with Crippen molar-refractivity contribution in [3.8, 4) is 5.75 Å². The van der Waals surface area contributed by atoms with Crippen LogP contribution in [0.4, 0.5) is 0 Å². The molecule has 2 fully saturated rings. The zero-order chi connectivity index (χ0) is 19.9. The lowest BCUT2D eigenvalue weighted by Crippen LogP contribution is -2.38. The first-order valence-corrected chi connectivity index (χ1v) is 11.6. The molecule has 1 aliphatic heterocycles. The third-order valence-electron chi connectivity index (χ3n) is 5.89. The Morgan fingerprint density at radius 3 is 2.57 bits per heavy atom. The van der Waals surface area contributed by atoms with E-state index in [9.17, 15) is 13.2 Å². The Morgan fingerprint density at radius 1 is 1.25 bits per heavy atom. The van der Waals surface area contributed by atoms with E-state index in [2.05, 4.69) is 4.98 Å². The topological polar surface area (TPSA) is 105 Å². The summed E-state index contributed by atoms with van der Waals surface area (Å²) in [5, 5.41) is 0.943. The summed E-state index contributed by atoms with van der Waals surface area (Å²) in [4.78, 5) is 15.2. The van der Waals surface area contributed by atoms with Crippen LogP contribution in [0.3, 0.4) is 0 Å². The van der Waals surface area contributed by atoms with Crippen molar-refractivity contribution in [2.45, 2.75) is 38.5 Å². The molecule has 8 heteroatoms. The van der Waals surface area contributed by atoms with E-state index in [1.807, 2.05) is 12.3 Å². The minimum absolute atomic E-state index is 0.133. The number of ether oxygens (including phenoxy) is 1. The molecule has 152 valence electrons. The van der Waals surface area contributed by atoms with Crippen LogP contribution in [0.1, 0.15) is 54.4 Å². The molecule has 0 unspecified atom stereocenters. The third kappa shape index (κ3) is 3.75. The molecular formula is C20H27N3O4S. The van der Waals surface area contributed by atoms with Gasteiger partial charge in [0.05, 0.1) is 23.4 Å². The molecule has 4 rings (SSSR count). The lowest BCUT2D eigenvalue weighted by Gasteiger charge is -2.30. The van der Waals surface area contributed by atoms with E-state index in [0.29, 0.717) is 36.9 Å². The average Bonchev–Trinajstić information content (AvgIpc) is 3.43. The van der Waals surface area contributed by atoms with E-state index < -0.39 is 15.9 Å². The van der Waals surface area contributed by atoms with Crippen LogP contribution in [0.2, 0.25) is 0 Å². The number of benzene rings is 1. The molecular weight excluding hydrogens is 378 g/mol. The summed E-state index contributed by atoms with van der Waals surface area (Å²) >= 11 is 0. The van der Waals surface area contributed by atoms with Crippen molar-refractivity contribution in [3.05, 3.63) is 29.5 Å². The normalized spacial score (nSPS) is 19.2. The third-order valence-corrected chi connectivity index (χ3v) is 7.78. The SMILES string of the molecule is CCS(=O)(=O)N1CCC(c2c[nH]c3c(C(N)=O)cc(OCC4CC4)cc23)CC1. The quantitative estimate of drug-likeness (QED) is 0.738. The van der Waals surface area contributed by atoms with Gasteiger partial charge in [-0.15, -0.1) is 0 Å². The van der Waals surface area contributed by atoms with E-state index in [4.69, 9.17) is 10.5 Å². The fourth-order valence-corrected chi connectivity index (χ4v) is 5.10. The van der Waals surface area contributed by atoms with Gasteiger partial charge in [-0.25, -0.2) is 12.7 Å². The number of H-pyrrole nitrogens is 1. The number of hydrogen-bond donors (Lipinski definition) is 2. The number of aromatic nitrogens is 1. The van der Waals surface area contributed by atoms with Gasteiger partial charge >= 0.3 is 0 Å². The largest absolute Gasteiger partial charge is 0.493 e. The summed E-state index contributed by atoms with van der Waals surface area (Å²) in [7, 11) is -3.15.